The highest BCUT2D eigenvalue weighted by molar-refractivity contribution is 5.45. The fraction of sp³-hybridized carbons (Fsp3) is 0.120. The molecule has 0 saturated heterocycles. The zero-order valence-corrected chi connectivity index (χ0v) is 15.1. The molecule has 0 amide bonds. The lowest BCUT2D eigenvalue weighted by Crippen LogP contribution is -2.03. The minimum atomic E-state index is 0.185. The van der Waals surface area contributed by atoms with E-state index in [4.69, 9.17) is 4.74 Å². The van der Waals surface area contributed by atoms with Crippen molar-refractivity contribution in [3.05, 3.63) is 126 Å². The molecule has 0 heterocycles. The van der Waals surface area contributed by atoms with E-state index in [1.54, 1.807) is 6.26 Å². The first-order valence-corrected chi connectivity index (χ1v) is 9.06. The van der Waals surface area contributed by atoms with Crippen LogP contribution in [0.3, 0.4) is 0 Å². The highest BCUT2D eigenvalue weighted by atomic mass is 16.5. The monoisotopic (exact) mass is 340 g/mol. The fourth-order valence-corrected chi connectivity index (χ4v) is 3.01. The van der Waals surface area contributed by atoms with Crippen LogP contribution in [0.1, 0.15) is 36.0 Å². The molecule has 130 valence electrons. The van der Waals surface area contributed by atoms with Crippen molar-refractivity contribution >= 4 is 0 Å². The zero-order chi connectivity index (χ0) is 18.0. The van der Waals surface area contributed by atoms with Crippen LogP contribution in [-0.2, 0) is 0 Å². The summed E-state index contributed by atoms with van der Waals surface area (Å²) in [4.78, 5) is 0. The first kappa shape index (κ1) is 17.8. The van der Waals surface area contributed by atoms with E-state index in [1.807, 2.05) is 18.2 Å². The maximum atomic E-state index is 5.78. The molecule has 3 aromatic rings. The first-order valence-electron chi connectivity index (χ1n) is 9.06. The molecular formula is C25H24O. The molecule has 0 radical (unpaired) electrons. The second-order valence-electron chi connectivity index (χ2n) is 6.11. The van der Waals surface area contributed by atoms with Crippen molar-refractivity contribution in [3.8, 4) is 5.75 Å². The van der Waals surface area contributed by atoms with Crippen LogP contribution in [0.15, 0.2) is 109 Å². The molecule has 3 aromatic carbocycles. The maximum Gasteiger partial charge on any atom is 0.126 e. The molecule has 0 saturated carbocycles. The van der Waals surface area contributed by atoms with Crippen LogP contribution in [0.4, 0.5) is 0 Å². The van der Waals surface area contributed by atoms with Crippen molar-refractivity contribution in [1.29, 1.82) is 0 Å². The van der Waals surface area contributed by atoms with Crippen LogP contribution < -0.4 is 4.74 Å². The highest BCUT2D eigenvalue weighted by Gasteiger charge is 2.16. The Kier molecular flexibility index (Phi) is 6.44. The summed E-state index contributed by atoms with van der Waals surface area (Å²) in [5.74, 6) is 1.03. The van der Waals surface area contributed by atoms with Gasteiger partial charge < -0.3 is 4.74 Å². The summed E-state index contributed by atoms with van der Waals surface area (Å²) in [5, 5.41) is 0. The molecule has 1 nitrogen and oxygen atoms in total. The van der Waals surface area contributed by atoms with Crippen LogP contribution in [0.2, 0.25) is 0 Å². The molecular weight excluding hydrogens is 316 g/mol. The lowest BCUT2D eigenvalue weighted by Gasteiger charge is -2.19. The quantitative estimate of drug-likeness (QED) is 0.263. The Hall–Kier alpha value is -3.06. The molecule has 0 spiro atoms. The second-order valence-corrected chi connectivity index (χ2v) is 6.11. The molecule has 0 aliphatic carbocycles. The molecule has 3 rings (SSSR count). The third kappa shape index (κ3) is 4.73. The van der Waals surface area contributed by atoms with Gasteiger partial charge in [-0.3, -0.25) is 0 Å². The largest absolute Gasteiger partial charge is 0.465 e. The Morgan fingerprint density at radius 2 is 1.35 bits per heavy atom. The van der Waals surface area contributed by atoms with Gasteiger partial charge in [-0.2, -0.15) is 0 Å². The summed E-state index contributed by atoms with van der Waals surface area (Å²) in [6.07, 6.45) is 8.76. The van der Waals surface area contributed by atoms with Gasteiger partial charge in [0.2, 0.25) is 0 Å². The van der Waals surface area contributed by atoms with Gasteiger partial charge in [0.25, 0.3) is 0 Å². The van der Waals surface area contributed by atoms with E-state index in [0.29, 0.717) is 0 Å². The molecule has 0 aliphatic rings. The van der Waals surface area contributed by atoms with Gasteiger partial charge in [0.05, 0.1) is 6.26 Å². The Balaban J connectivity index is 1.91. The molecule has 0 aliphatic heterocycles. The van der Waals surface area contributed by atoms with Crippen molar-refractivity contribution in [3.63, 3.8) is 0 Å². The normalized spacial score (nSPS) is 11.5. The van der Waals surface area contributed by atoms with Crippen molar-refractivity contribution < 1.29 is 4.74 Å². The second kappa shape index (κ2) is 9.43. The van der Waals surface area contributed by atoms with Gasteiger partial charge in [-0.1, -0.05) is 91.9 Å². The number of hydrogen-bond acceptors (Lipinski definition) is 1. The molecule has 0 unspecified atom stereocenters. The molecule has 0 N–H and O–H groups in total. The topological polar surface area (TPSA) is 9.23 Å². The van der Waals surface area contributed by atoms with Crippen LogP contribution in [0.25, 0.3) is 0 Å². The highest BCUT2D eigenvalue weighted by Crippen LogP contribution is 2.33. The van der Waals surface area contributed by atoms with Gasteiger partial charge in [-0.25, -0.2) is 0 Å². The summed E-state index contributed by atoms with van der Waals surface area (Å²) in [6, 6.07) is 29.5. The number of ether oxygens (including phenoxy) is 1. The lowest BCUT2D eigenvalue weighted by molar-refractivity contribution is 0.480. The van der Waals surface area contributed by atoms with Gasteiger partial charge in [0.15, 0.2) is 0 Å². The minimum absolute atomic E-state index is 0.185. The van der Waals surface area contributed by atoms with Crippen LogP contribution in [0.5, 0.6) is 5.75 Å². The van der Waals surface area contributed by atoms with Crippen molar-refractivity contribution in [2.24, 2.45) is 0 Å². The minimum Gasteiger partial charge on any atom is -0.465 e. The summed E-state index contributed by atoms with van der Waals surface area (Å²) < 4.78 is 5.78. The van der Waals surface area contributed by atoms with Gasteiger partial charge in [0.1, 0.15) is 5.75 Å². The van der Waals surface area contributed by atoms with Crippen molar-refractivity contribution in [2.75, 3.05) is 0 Å². The summed E-state index contributed by atoms with van der Waals surface area (Å²) in [5.41, 5.74) is 3.77. The van der Waals surface area contributed by atoms with Gasteiger partial charge >= 0.3 is 0 Å². The Morgan fingerprint density at radius 3 is 1.96 bits per heavy atom. The molecule has 1 heteroatoms. The average molecular weight is 340 g/mol. The average Bonchev–Trinajstić information content (AvgIpc) is 2.70. The van der Waals surface area contributed by atoms with Crippen LogP contribution >= 0.6 is 0 Å². The zero-order valence-electron chi connectivity index (χ0n) is 15.1. The third-order valence-electron chi connectivity index (χ3n) is 4.22. The Morgan fingerprint density at radius 1 is 0.731 bits per heavy atom. The maximum absolute atomic E-state index is 5.78. The molecule has 0 atom stereocenters. The fourth-order valence-electron chi connectivity index (χ4n) is 3.01. The van der Waals surface area contributed by atoms with Crippen LogP contribution in [-0.4, -0.2) is 0 Å². The van der Waals surface area contributed by atoms with Crippen molar-refractivity contribution in [2.45, 2.75) is 19.3 Å². The van der Waals surface area contributed by atoms with Gasteiger partial charge in [-0.15, -0.1) is 0 Å². The van der Waals surface area contributed by atoms with Gasteiger partial charge in [0, 0.05) is 5.92 Å². The van der Waals surface area contributed by atoms with Crippen molar-refractivity contribution in [1.82, 2.24) is 0 Å². The van der Waals surface area contributed by atoms with E-state index in [0.717, 1.165) is 12.2 Å². The number of benzene rings is 3. The van der Waals surface area contributed by atoms with E-state index >= 15 is 0 Å². The number of rotatable bonds is 7. The number of hydrogen-bond donors (Lipinski definition) is 0. The Bertz CT molecular complexity index is 808. The lowest BCUT2D eigenvalue weighted by atomic mass is 9.85. The smallest absolute Gasteiger partial charge is 0.126 e. The van der Waals surface area contributed by atoms with Crippen LogP contribution in [0, 0.1) is 0 Å². The van der Waals surface area contributed by atoms with E-state index in [9.17, 15) is 0 Å². The molecule has 0 bridgehead atoms. The standard InChI is InChI=1S/C25H24O/c1-2-3-4-11-19-26-24-18-12-17-23(20-24)25(21-13-7-5-8-14-21)22-15-9-6-10-16-22/h3-20,25H,2H2,1H3. The summed E-state index contributed by atoms with van der Waals surface area (Å²) in [7, 11) is 0. The predicted octanol–water partition coefficient (Wildman–Crippen LogP) is 6.73. The van der Waals surface area contributed by atoms with Gasteiger partial charge in [-0.05, 0) is 41.3 Å². The van der Waals surface area contributed by atoms with E-state index in [1.165, 1.54) is 16.7 Å². The SMILES string of the molecule is CCC=CC=COc1cccc(C(c2ccccc2)c2ccccc2)c1. The molecule has 0 aromatic heterocycles. The summed E-state index contributed by atoms with van der Waals surface area (Å²) >= 11 is 0. The molecule has 26 heavy (non-hydrogen) atoms. The predicted molar refractivity (Wildman–Crippen MR) is 109 cm³/mol. The molecule has 0 fully saturated rings. The van der Waals surface area contributed by atoms with E-state index in [2.05, 4.69) is 91.9 Å². The number of allylic oxidation sites excluding steroid dienone is 3. The van der Waals surface area contributed by atoms with E-state index in [-0.39, 0.29) is 5.92 Å². The summed E-state index contributed by atoms with van der Waals surface area (Å²) in [6.45, 7) is 2.11. The Labute approximate surface area is 156 Å². The van der Waals surface area contributed by atoms with E-state index < -0.39 is 0 Å². The first-order chi connectivity index (χ1) is 12.9. The third-order valence-corrected chi connectivity index (χ3v) is 4.22.